The Kier molecular flexibility index (Phi) is 7.33. The third kappa shape index (κ3) is 9.92. The van der Waals surface area contributed by atoms with Crippen LogP contribution in [0, 0.1) is 5.92 Å². The maximum atomic E-state index is 11.3. The second-order valence-electron chi connectivity index (χ2n) is 4.25. The van der Waals surface area contributed by atoms with E-state index in [-0.39, 0.29) is 12.2 Å². The Bertz CT molecular complexity index is 298. The highest BCUT2D eigenvalue weighted by molar-refractivity contribution is 7.89. The van der Waals surface area contributed by atoms with E-state index >= 15 is 0 Å². The number of unbranched alkanes of at least 4 members (excludes halogenated alkanes) is 1. The molecule has 0 atom stereocenters. The Morgan fingerprint density at radius 3 is 2.44 bits per heavy atom. The van der Waals surface area contributed by atoms with E-state index in [2.05, 4.69) is 18.6 Å². The predicted molar refractivity (Wildman–Crippen MR) is 62.7 cm³/mol. The van der Waals surface area contributed by atoms with E-state index in [1.807, 2.05) is 0 Å². The number of nitrogens with one attached hydrogen (secondary N) is 1. The molecule has 0 aliphatic rings. The summed E-state index contributed by atoms with van der Waals surface area (Å²) in [4.78, 5) is 10.2. The molecule has 0 aromatic heterocycles. The minimum Gasteiger partial charge on any atom is -0.481 e. The lowest BCUT2D eigenvalue weighted by molar-refractivity contribution is -0.136. The summed E-state index contributed by atoms with van der Waals surface area (Å²) in [6.45, 7) is 4.64. The third-order valence-corrected chi connectivity index (χ3v) is 3.50. The van der Waals surface area contributed by atoms with Crippen molar-refractivity contribution in [2.75, 3.05) is 12.3 Å². The van der Waals surface area contributed by atoms with Crippen LogP contribution < -0.4 is 4.72 Å². The third-order valence-electron chi connectivity index (χ3n) is 2.11. The predicted octanol–water partition coefficient (Wildman–Crippen LogP) is 1.21. The number of hydrogen-bond donors (Lipinski definition) is 2. The van der Waals surface area contributed by atoms with Crippen LogP contribution in [0.3, 0.4) is 0 Å². The topological polar surface area (TPSA) is 83.5 Å². The molecule has 6 heteroatoms. The van der Waals surface area contributed by atoms with Crippen LogP contribution >= 0.6 is 0 Å². The molecule has 0 aliphatic heterocycles. The smallest absolute Gasteiger partial charge is 0.304 e. The van der Waals surface area contributed by atoms with E-state index in [0.29, 0.717) is 12.5 Å². The molecule has 96 valence electrons. The van der Waals surface area contributed by atoms with E-state index in [4.69, 9.17) is 5.11 Å². The largest absolute Gasteiger partial charge is 0.481 e. The molecule has 0 unspecified atom stereocenters. The van der Waals surface area contributed by atoms with Gasteiger partial charge in [0.05, 0.1) is 12.2 Å². The van der Waals surface area contributed by atoms with Crippen molar-refractivity contribution >= 4 is 16.0 Å². The van der Waals surface area contributed by atoms with Crippen molar-refractivity contribution in [3.63, 3.8) is 0 Å². The summed E-state index contributed by atoms with van der Waals surface area (Å²) in [6.07, 6.45) is 2.52. The van der Waals surface area contributed by atoms with Crippen molar-refractivity contribution in [3.05, 3.63) is 0 Å². The lowest BCUT2D eigenvalue weighted by Gasteiger charge is -2.06. The van der Waals surface area contributed by atoms with Crippen LogP contribution in [0.4, 0.5) is 0 Å². The molecule has 0 aromatic carbocycles. The number of carboxylic acid groups (broad SMARTS) is 1. The van der Waals surface area contributed by atoms with Crippen LogP contribution in [0.5, 0.6) is 0 Å². The molecular weight excluding hydrogens is 230 g/mol. The molecule has 2 N–H and O–H groups in total. The highest BCUT2D eigenvalue weighted by atomic mass is 32.2. The van der Waals surface area contributed by atoms with Crippen molar-refractivity contribution in [3.8, 4) is 0 Å². The van der Waals surface area contributed by atoms with Gasteiger partial charge >= 0.3 is 5.97 Å². The van der Waals surface area contributed by atoms with Gasteiger partial charge in [0.1, 0.15) is 0 Å². The SMILES string of the molecule is CC(C)CCCCNS(=O)(=O)CCC(=O)O. The lowest BCUT2D eigenvalue weighted by atomic mass is 10.1. The van der Waals surface area contributed by atoms with Crippen molar-refractivity contribution in [1.29, 1.82) is 0 Å². The van der Waals surface area contributed by atoms with Gasteiger partial charge in [0.15, 0.2) is 0 Å². The van der Waals surface area contributed by atoms with Crippen molar-refractivity contribution in [2.45, 2.75) is 39.5 Å². The van der Waals surface area contributed by atoms with Gasteiger partial charge in [-0.1, -0.05) is 26.7 Å². The van der Waals surface area contributed by atoms with Crippen LogP contribution in [-0.4, -0.2) is 31.8 Å². The molecule has 0 fully saturated rings. The number of rotatable bonds is 9. The van der Waals surface area contributed by atoms with E-state index < -0.39 is 16.0 Å². The molecule has 16 heavy (non-hydrogen) atoms. The Balaban J connectivity index is 3.62. The molecular formula is C10H21NO4S. The number of hydrogen-bond acceptors (Lipinski definition) is 3. The molecule has 0 saturated heterocycles. The fourth-order valence-corrected chi connectivity index (χ4v) is 2.24. The summed E-state index contributed by atoms with van der Waals surface area (Å²) < 4.78 is 24.9. The van der Waals surface area contributed by atoms with Crippen LogP contribution in [-0.2, 0) is 14.8 Å². The second-order valence-corrected chi connectivity index (χ2v) is 6.17. The number of carbonyl (C=O) groups is 1. The lowest BCUT2D eigenvalue weighted by Crippen LogP contribution is -2.28. The highest BCUT2D eigenvalue weighted by Crippen LogP contribution is 2.05. The number of aliphatic carboxylic acids is 1. The van der Waals surface area contributed by atoms with Gasteiger partial charge in [0, 0.05) is 6.54 Å². The number of sulfonamides is 1. The zero-order chi connectivity index (χ0) is 12.6. The second kappa shape index (κ2) is 7.62. The first-order valence-corrected chi connectivity index (χ1v) is 7.18. The maximum absolute atomic E-state index is 11.3. The summed E-state index contributed by atoms with van der Waals surface area (Å²) in [5, 5.41) is 8.36. The van der Waals surface area contributed by atoms with Gasteiger partial charge in [-0.25, -0.2) is 13.1 Å². The summed E-state index contributed by atoms with van der Waals surface area (Å²) in [7, 11) is -3.41. The molecule has 0 bridgehead atoms. The quantitative estimate of drug-likeness (QED) is 0.603. The number of carboxylic acids is 1. The first kappa shape index (κ1) is 15.4. The molecule has 5 nitrogen and oxygen atoms in total. The van der Waals surface area contributed by atoms with Gasteiger partial charge in [0.25, 0.3) is 0 Å². The molecule has 0 saturated carbocycles. The van der Waals surface area contributed by atoms with Crippen LogP contribution in [0.25, 0.3) is 0 Å². The average molecular weight is 251 g/mol. The van der Waals surface area contributed by atoms with Gasteiger partial charge < -0.3 is 5.11 Å². The summed E-state index contributed by atoms with van der Waals surface area (Å²) >= 11 is 0. The van der Waals surface area contributed by atoms with Crippen molar-refractivity contribution in [1.82, 2.24) is 4.72 Å². The maximum Gasteiger partial charge on any atom is 0.304 e. The zero-order valence-corrected chi connectivity index (χ0v) is 10.7. The molecule has 0 spiro atoms. The fourth-order valence-electron chi connectivity index (χ4n) is 1.20. The van der Waals surface area contributed by atoms with Gasteiger partial charge in [0.2, 0.25) is 10.0 Å². The zero-order valence-electron chi connectivity index (χ0n) is 9.90. The monoisotopic (exact) mass is 251 g/mol. The Morgan fingerprint density at radius 2 is 1.94 bits per heavy atom. The Morgan fingerprint density at radius 1 is 1.31 bits per heavy atom. The summed E-state index contributed by atoms with van der Waals surface area (Å²) in [5.74, 6) is -0.805. The highest BCUT2D eigenvalue weighted by Gasteiger charge is 2.11. The minimum absolute atomic E-state index is 0.341. The van der Waals surface area contributed by atoms with Gasteiger partial charge in [-0.05, 0) is 12.3 Å². The van der Waals surface area contributed by atoms with Gasteiger partial charge in [-0.3, -0.25) is 4.79 Å². The molecule has 0 radical (unpaired) electrons. The van der Waals surface area contributed by atoms with E-state index in [1.165, 1.54) is 0 Å². The van der Waals surface area contributed by atoms with Crippen LogP contribution in [0.1, 0.15) is 39.5 Å². The van der Waals surface area contributed by atoms with E-state index in [1.54, 1.807) is 0 Å². The van der Waals surface area contributed by atoms with E-state index in [9.17, 15) is 13.2 Å². The molecule has 0 heterocycles. The first-order valence-electron chi connectivity index (χ1n) is 5.52. The van der Waals surface area contributed by atoms with Crippen molar-refractivity contribution < 1.29 is 18.3 Å². The fraction of sp³-hybridized carbons (Fsp3) is 0.900. The van der Waals surface area contributed by atoms with Crippen molar-refractivity contribution in [2.24, 2.45) is 5.92 Å². The van der Waals surface area contributed by atoms with Crippen LogP contribution in [0.2, 0.25) is 0 Å². The molecule has 0 aromatic rings. The van der Waals surface area contributed by atoms with Gasteiger partial charge in [-0.15, -0.1) is 0 Å². The summed E-state index contributed by atoms with van der Waals surface area (Å²) in [5.41, 5.74) is 0. The molecule has 0 rings (SSSR count). The Labute approximate surface area is 97.3 Å². The summed E-state index contributed by atoms with van der Waals surface area (Å²) in [6, 6.07) is 0. The molecule has 0 amide bonds. The average Bonchev–Trinajstić information content (AvgIpc) is 2.14. The Hall–Kier alpha value is -0.620. The minimum atomic E-state index is -3.41. The molecule has 0 aliphatic carbocycles. The van der Waals surface area contributed by atoms with Crippen LogP contribution in [0.15, 0.2) is 0 Å². The first-order chi connectivity index (χ1) is 7.33. The normalized spacial score (nSPS) is 11.9. The van der Waals surface area contributed by atoms with E-state index in [0.717, 1.165) is 19.3 Å². The van der Waals surface area contributed by atoms with Gasteiger partial charge in [-0.2, -0.15) is 0 Å². The standard InChI is InChI=1S/C10H21NO4S/c1-9(2)5-3-4-7-11-16(14,15)8-6-10(12)13/h9,11H,3-8H2,1-2H3,(H,12,13).